The third-order valence-electron chi connectivity index (χ3n) is 2.39. The SMILES string of the molecule is Nc1ccc(C(=O)N2CCC2)cc1I. The fourth-order valence-corrected chi connectivity index (χ4v) is 1.88. The van der Waals surface area contributed by atoms with E-state index in [0.717, 1.165) is 34.3 Å². The van der Waals surface area contributed by atoms with Crippen LogP contribution in [0.3, 0.4) is 0 Å². The molecule has 0 radical (unpaired) electrons. The molecule has 0 bridgehead atoms. The molecule has 4 heteroatoms. The highest BCUT2D eigenvalue weighted by Crippen LogP contribution is 2.19. The number of carbonyl (C=O) groups excluding carboxylic acids is 1. The average Bonchev–Trinajstić information content (AvgIpc) is 2.06. The van der Waals surface area contributed by atoms with Crippen LogP contribution in [0.15, 0.2) is 18.2 Å². The minimum absolute atomic E-state index is 0.120. The number of benzene rings is 1. The molecule has 0 aliphatic carbocycles. The molecule has 0 saturated carbocycles. The topological polar surface area (TPSA) is 46.3 Å². The highest BCUT2D eigenvalue weighted by Gasteiger charge is 2.21. The van der Waals surface area contributed by atoms with Crippen LogP contribution in [0.25, 0.3) is 0 Å². The third-order valence-corrected chi connectivity index (χ3v) is 3.32. The molecule has 1 aromatic carbocycles. The van der Waals surface area contributed by atoms with Crippen molar-refractivity contribution in [1.29, 1.82) is 0 Å². The van der Waals surface area contributed by atoms with Crippen LogP contribution in [0.4, 0.5) is 5.69 Å². The van der Waals surface area contributed by atoms with Crippen molar-refractivity contribution in [2.45, 2.75) is 6.42 Å². The van der Waals surface area contributed by atoms with E-state index in [2.05, 4.69) is 22.6 Å². The van der Waals surface area contributed by atoms with Crippen LogP contribution < -0.4 is 5.73 Å². The first kappa shape index (κ1) is 9.76. The van der Waals surface area contributed by atoms with Crippen LogP contribution in [-0.4, -0.2) is 23.9 Å². The Morgan fingerprint density at radius 3 is 2.64 bits per heavy atom. The maximum atomic E-state index is 11.8. The van der Waals surface area contributed by atoms with Crippen molar-refractivity contribution in [2.75, 3.05) is 18.8 Å². The first-order chi connectivity index (χ1) is 6.68. The minimum Gasteiger partial charge on any atom is -0.398 e. The van der Waals surface area contributed by atoms with E-state index in [0.29, 0.717) is 0 Å². The highest BCUT2D eigenvalue weighted by atomic mass is 127. The fourth-order valence-electron chi connectivity index (χ4n) is 1.36. The Bertz CT molecular complexity index is 374. The first-order valence-electron chi connectivity index (χ1n) is 4.53. The lowest BCUT2D eigenvalue weighted by molar-refractivity contribution is 0.0652. The summed E-state index contributed by atoms with van der Waals surface area (Å²) in [6, 6.07) is 5.42. The Labute approximate surface area is 96.4 Å². The van der Waals surface area contributed by atoms with Crippen molar-refractivity contribution in [3.63, 3.8) is 0 Å². The standard InChI is InChI=1S/C10H11IN2O/c11-8-6-7(2-3-9(8)12)10(14)13-4-1-5-13/h2-3,6H,1,4-5,12H2. The number of nitrogens with zero attached hydrogens (tertiary/aromatic N) is 1. The van der Waals surface area contributed by atoms with Crippen LogP contribution in [0.5, 0.6) is 0 Å². The lowest BCUT2D eigenvalue weighted by Crippen LogP contribution is -2.42. The summed E-state index contributed by atoms with van der Waals surface area (Å²) in [5.74, 6) is 0.120. The van der Waals surface area contributed by atoms with Gasteiger partial charge in [0.05, 0.1) is 0 Å². The molecule has 0 unspecified atom stereocenters. The maximum Gasteiger partial charge on any atom is 0.253 e. The summed E-state index contributed by atoms with van der Waals surface area (Å²) in [7, 11) is 0. The molecule has 2 N–H and O–H groups in total. The van der Waals surface area contributed by atoms with Gasteiger partial charge in [-0.2, -0.15) is 0 Å². The molecule has 1 fully saturated rings. The van der Waals surface area contributed by atoms with Gasteiger partial charge < -0.3 is 10.6 Å². The molecule has 74 valence electrons. The number of nitrogens with two attached hydrogens (primary N) is 1. The number of anilines is 1. The second-order valence-corrected chi connectivity index (χ2v) is 4.54. The number of amides is 1. The zero-order valence-corrected chi connectivity index (χ0v) is 9.82. The van der Waals surface area contributed by atoms with Crippen molar-refractivity contribution in [2.24, 2.45) is 0 Å². The molecule has 1 amide bonds. The van der Waals surface area contributed by atoms with E-state index in [9.17, 15) is 4.79 Å². The Kier molecular flexibility index (Phi) is 2.62. The van der Waals surface area contributed by atoms with Crippen molar-refractivity contribution < 1.29 is 4.79 Å². The molecule has 0 atom stereocenters. The van der Waals surface area contributed by atoms with E-state index < -0.39 is 0 Å². The van der Waals surface area contributed by atoms with Gasteiger partial charge in [0, 0.05) is 27.9 Å². The molecular formula is C10H11IN2O. The van der Waals surface area contributed by atoms with Gasteiger partial charge >= 0.3 is 0 Å². The number of hydrogen-bond donors (Lipinski definition) is 1. The summed E-state index contributed by atoms with van der Waals surface area (Å²) in [6.45, 7) is 1.78. The molecule has 0 aromatic heterocycles. The van der Waals surface area contributed by atoms with E-state index in [1.807, 2.05) is 11.0 Å². The van der Waals surface area contributed by atoms with E-state index in [1.54, 1.807) is 12.1 Å². The summed E-state index contributed by atoms with van der Waals surface area (Å²) in [5.41, 5.74) is 7.15. The third kappa shape index (κ3) is 1.70. The lowest BCUT2D eigenvalue weighted by Gasteiger charge is -2.30. The predicted octanol–water partition coefficient (Wildman–Crippen LogP) is 1.72. The number of rotatable bonds is 1. The Morgan fingerprint density at radius 2 is 2.14 bits per heavy atom. The molecule has 3 nitrogen and oxygen atoms in total. The highest BCUT2D eigenvalue weighted by molar-refractivity contribution is 14.1. The van der Waals surface area contributed by atoms with Crippen LogP contribution in [0, 0.1) is 3.57 Å². The van der Waals surface area contributed by atoms with Gasteiger partial charge in [0.15, 0.2) is 0 Å². The van der Waals surface area contributed by atoms with Crippen molar-refractivity contribution in [1.82, 2.24) is 4.90 Å². The molecule has 1 heterocycles. The van der Waals surface area contributed by atoms with Gasteiger partial charge in [0.25, 0.3) is 5.91 Å². The quantitative estimate of drug-likeness (QED) is 0.634. The average molecular weight is 302 g/mol. The van der Waals surface area contributed by atoms with Crippen LogP contribution in [0.2, 0.25) is 0 Å². The van der Waals surface area contributed by atoms with Gasteiger partial charge in [0.2, 0.25) is 0 Å². The Morgan fingerprint density at radius 1 is 1.43 bits per heavy atom. The summed E-state index contributed by atoms with van der Waals surface area (Å²) in [4.78, 5) is 13.6. The number of likely N-dealkylation sites (tertiary alicyclic amines) is 1. The zero-order valence-electron chi connectivity index (χ0n) is 7.66. The van der Waals surface area contributed by atoms with Gasteiger partial charge in [-0.15, -0.1) is 0 Å². The normalized spacial score (nSPS) is 15.1. The van der Waals surface area contributed by atoms with E-state index in [-0.39, 0.29) is 5.91 Å². The van der Waals surface area contributed by atoms with Crippen molar-refractivity contribution in [3.05, 3.63) is 27.3 Å². The predicted molar refractivity (Wildman–Crippen MR) is 64.1 cm³/mol. The monoisotopic (exact) mass is 302 g/mol. The molecule has 14 heavy (non-hydrogen) atoms. The summed E-state index contributed by atoms with van der Waals surface area (Å²) in [6.07, 6.45) is 1.12. The Hall–Kier alpha value is -0.780. The first-order valence-corrected chi connectivity index (χ1v) is 5.60. The van der Waals surface area contributed by atoms with Gasteiger partial charge in [0.1, 0.15) is 0 Å². The largest absolute Gasteiger partial charge is 0.398 e. The van der Waals surface area contributed by atoms with Crippen LogP contribution in [0.1, 0.15) is 16.8 Å². The van der Waals surface area contributed by atoms with Crippen LogP contribution in [-0.2, 0) is 0 Å². The summed E-state index contributed by atoms with van der Waals surface area (Å²) < 4.78 is 0.939. The minimum atomic E-state index is 0.120. The second-order valence-electron chi connectivity index (χ2n) is 3.38. The van der Waals surface area contributed by atoms with E-state index in [1.165, 1.54) is 0 Å². The summed E-state index contributed by atoms with van der Waals surface area (Å²) in [5, 5.41) is 0. The van der Waals surface area contributed by atoms with Crippen LogP contribution >= 0.6 is 22.6 Å². The molecular weight excluding hydrogens is 291 g/mol. The smallest absolute Gasteiger partial charge is 0.253 e. The fraction of sp³-hybridized carbons (Fsp3) is 0.300. The molecule has 1 aliphatic rings. The zero-order chi connectivity index (χ0) is 10.1. The number of carbonyl (C=O) groups is 1. The molecule has 0 spiro atoms. The second kappa shape index (κ2) is 3.76. The van der Waals surface area contributed by atoms with Crippen molar-refractivity contribution >= 4 is 34.2 Å². The number of hydrogen-bond acceptors (Lipinski definition) is 2. The van der Waals surface area contributed by atoms with E-state index >= 15 is 0 Å². The van der Waals surface area contributed by atoms with Gasteiger partial charge in [-0.1, -0.05) is 0 Å². The van der Waals surface area contributed by atoms with Gasteiger partial charge in [-0.3, -0.25) is 4.79 Å². The van der Waals surface area contributed by atoms with Gasteiger partial charge in [-0.25, -0.2) is 0 Å². The molecule has 2 rings (SSSR count). The van der Waals surface area contributed by atoms with Gasteiger partial charge in [-0.05, 0) is 47.2 Å². The molecule has 1 aromatic rings. The van der Waals surface area contributed by atoms with Crippen molar-refractivity contribution in [3.8, 4) is 0 Å². The maximum absolute atomic E-state index is 11.8. The number of halogens is 1. The molecule has 1 saturated heterocycles. The lowest BCUT2D eigenvalue weighted by atomic mass is 10.1. The number of nitrogen functional groups attached to an aromatic ring is 1. The Balaban J connectivity index is 2.23. The molecule has 1 aliphatic heterocycles. The summed E-state index contributed by atoms with van der Waals surface area (Å²) >= 11 is 2.14. The van der Waals surface area contributed by atoms with E-state index in [4.69, 9.17) is 5.73 Å².